The Balaban J connectivity index is 1.11. The van der Waals surface area contributed by atoms with Crippen molar-refractivity contribution < 1.29 is 14.4 Å². The third kappa shape index (κ3) is 6.56. The molecule has 1 saturated carbocycles. The van der Waals surface area contributed by atoms with E-state index in [9.17, 15) is 14.4 Å². The Kier molecular flexibility index (Phi) is 8.37. The van der Waals surface area contributed by atoms with Crippen LogP contribution < -0.4 is 10.2 Å². The Hall–Kier alpha value is -2.41. The molecular weight excluding hydrogens is 416 g/mol. The lowest BCUT2D eigenvalue weighted by Crippen LogP contribution is -2.50. The molecule has 3 aliphatic rings. The molecule has 1 aliphatic carbocycles. The van der Waals surface area contributed by atoms with Gasteiger partial charge in [0.1, 0.15) is 0 Å². The van der Waals surface area contributed by atoms with Crippen molar-refractivity contribution in [3.8, 4) is 0 Å². The van der Waals surface area contributed by atoms with Gasteiger partial charge in [0.15, 0.2) is 0 Å². The van der Waals surface area contributed by atoms with Crippen LogP contribution in [0.5, 0.6) is 0 Å². The van der Waals surface area contributed by atoms with Crippen LogP contribution in [-0.2, 0) is 14.4 Å². The van der Waals surface area contributed by atoms with Gasteiger partial charge in [-0.05, 0) is 24.5 Å². The second kappa shape index (κ2) is 11.6. The minimum Gasteiger partial charge on any atom is -0.355 e. The van der Waals surface area contributed by atoms with E-state index in [4.69, 9.17) is 0 Å². The molecule has 2 saturated heterocycles. The van der Waals surface area contributed by atoms with E-state index >= 15 is 0 Å². The van der Waals surface area contributed by atoms with Crippen LogP contribution >= 0.6 is 0 Å². The normalized spacial score (nSPS) is 22.5. The summed E-state index contributed by atoms with van der Waals surface area (Å²) in [5.74, 6) is 0.727. The summed E-state index contributed by atoms with van der Waals surface area (Å²) in [5.41, 5.74) is 0.851. The maximum absolute atomic E-state index is 12.6. The molecule has 0 aromatic heterocycles. The van der Waals surface area contributed by atoms with Crippen molar-refractivity contribution in [2.24, 2.45) is 11.8 Å². The number of nitrogens with zero attached hydrogens (tertiary/aromatic N) is 3. The number of amides is 3. The summed E-state index contributed by atoms with van der Waals surface area (Å²) in [6.07, 6.45) is 8.63. The molecule has 0 radical (unpaired) electrons. The molecule has 1 aromatic carbocycles. The molecule has 1 unspecified atom stereocenters. The number of carbonyl (C=O) groups is 3. The zero-order chi connectivity index (χ0) is 23.0. The first-order chi connectivity index (χ1) is 16.1. The topological polar surface area (TPSA) is 73.0 Å². The third-order valence-corrected chi connectivity index (χ3v) is 7.51. The summed E-state index contributed by atoms with van der Waals surface area (Å²) in [5, 5.41) is 3.02. The second-order valence-electron chi connectivity index (χ2n) is 9.80. The Morgan fingerprint density at radius 3 is 2.42 bits per heavy atom. The first kappa shape index (κ1) is 23.7. The minimum atomic E-state index is -0.295. The maximum Gasteiger partial charge on any atom is 0.227 e. The fourth-order valence-corrected chi connectivity index (χ4v) is 5.40. The standard InChI is InChI=1S/C26H38N4O3/c31-24(12-11-21-7-3-1-4-8-21)29-17-15-28(16-18-29)14-13-27-26(33)22-19-25(32)30(20-22)23-9-5-2-6-10-23/h2,5-6,9-10,21-22H,1,3-4,7-8,11-20H2,(H,27,33). The minimum absolute atomic E-state index is 0.00521. The molecule has 3 amide bonds. The lowest BCUT2D eigenvalue weighted by atomic mass is 9.86. The number of carbonyl (C=O) groups excluding carboxylic acids is 3. The highest BCUT2D eigenvalue weighted by Crippen LogP contribution is 2.27. The molecule has 0 spiro atoms. The predicted octanol–water partition coefficient (Wildman–Crippen LogP) is 2.66. The van der Waals surface area contributed by atoms with Crippen LogP contribution in [0.3, 0.4) is 0 Å². The number of hydrogen-bond donors (Lipinski definition) is 1. The molecule has 1 N–H and O–H groups in total. The van der Waals surface area contributed by atoms with Crippen molar-refractivity contribution in [2.75, 3.05) is 50.7 Å². The van der Waals surface area contributed by atoms with Crippen molar-refractivity contribution in [3.05, 3.63) is 30.3 Å². The summed E-state index contributed by atoms with van der Waals surface area (Å²) in [6, 6.07) is 9.53. The van der Waals surface area contributed by atoms with Crippen molar-refractivity contribution >= 4 is 23.4 Å². The van der Waals surface area contributed by atoms with Gasteiger partial charge in [-0.1, -0.05) is 50.3 Å². The van der Waals surface area contributed by atoms with E-state index in [2.05, 4.69) is 10.2 Å². The summed E-state index contributed by atoms with van der Waals surface area (Å²) in [4.78, 5) is 43.5. The number of anilines is 1. The summed E-state index contributed by atoms with van der Waals surface area (Å²) in [6.45, 7) is 5.06. The van der Waals surface area contributed by atoms with Crippen LogP contribution in [0.4, 0.5) is 5.69 Å². The highest BCUT2D eigenvalue weighted by molar-refractivity contribution is 6.00. The lowest BCUT2D eigenvalue weighted by molar-refractivity contribution is -0.133. The smallest absolute Gasteiger partial charge is 0.227 e. The van der Waals surface area contributed by atoms with E-state index in [1.165, 1.54) is 32.1 Å². The largest absolute Gasteiger partial charge is 0.355 e. The van der Waals surface area contributed by atoms with Crippen molar-refractivity contribution in [2.45, 2.75) is 51.4 Å². The third-order valence-electron chi connectivity index (χ3n) is 7.51. The number of hydrogen-bond acceptors (Lipinski definition) is 4. The van der Waals surface area contributed by atoms with Crippen LogP contribution in [0.1, 0.15) is 51.4 Å². The molecule has 4 rings (SSSR count). The van der Waals surface area contributed by atoms with Gasteiger partial charge in [0.05, 0.1) is 5.92 Å². The Morgan fingerprint density at radius 1 is 0.970 bits per heavy atom. The monoisotopic (exact) mass is 454 g/mol. The Bertz CT molecular complexity index is 801. The van der Waals surface area contributed by atoms with Crippen LogP contribution in [0, 0.1) is 11.8 Å². The van der Waals surface area contributed by atoms with E-state index in [0.29, 0.717) is 25.4 Å². The van der Waals surface area contributed by atoms with Crippen LogP contribution in [0.2, 0.25) is 0 Å². The fourth-order valence-electron chi connectivity index (χ4n) is 5.40. The molecule has 7 heteroatoms. The molecule has 1 atom stereocenters. The molecule has 2 aliphatic heterocycles. The fraction of sp³-hybridized carbons (Fsp3) is 0.654. The molecule has 7 nitrogen and oxygen atoms in total. The molecular formula is C26H38N4O3. The highest BCUT2D eigenvalue weighted by Gasteiger charge is 2.35. The van der Waals surface area contributed by atoms with E-state index in [1.54, 1.807) is 4.90 Å². The maximum atomic E-state index is 12.6. The lowest BCUT2D eigenvalue weighted by Gasteiger charge is -2.35. The van der Waals surface area contributed by atoms with Gasteiger partial charge >= 0.3 is 0 Å². The molecule has 33 heavy (non-hydrogen) atoms. The first-order valence-corrected chi connectivity index (χ1v) is 12.7. The number of nitrogens with one attached hydrogen (secondary N) is 1. The molecule has 180 valence electrons. The van der Waals surface area contributed by atoms with Crippen molar-refractivity contribution in [1.82, 2.24) is 15.1 Å². The highest BCUT2D eigenvalue weighted by atomic mass is 16.2. The van der Waals surface area contributed by atoms with Gasteiger partial charge in [-0.15, -0.1) is 0 Å². The number of piperazine rings is 1. The number of para-hydroxylation sites is 1. The molecule has 2 heterocycles. The molecule has 3 fully saturated rings. The van der Waals surface area contributed by atoms with Gasteiger partial charge in [-0.2, -0.15) is 0 Å². The average Bonchev–Trinajstić information content (AvgIpc) is 3.26. The molecule has 0 bridgehead atoms. The van der Waals surface area contributed by atoms with Gasteiger partial charge in [0, 0.05) is 64.3 Å². The van der Waals surface area contributed by atoms with Crippen molar-refractivity contribution in [3.63, 3.8) is 0 Å². The number of rotatable bonds is 8. The van der Waals surface area contributed by atoms with E-state index in [1.807, 2.05) is 35.2 Å². The van der Waals surface area contributed by atoms with Gasteiger partial charge in [-0.25, -0.2) is 0 Å². The predicted molar refractivity (Wildman–Crippen MR) is 129 cm³/mol. The van der Waals surface area contributed by atoms with Gasteiger partial charge in [0.2, 0.25) is 17.7 Å². The van der Waals surface area contributed by atoms with E-state index in [-0.39, 0.29) is 24.2 Å². The number of benzene rings is 1. The van der Waals surface area contributed by atoms with Crippen LogP contribution in [-0.4, -0.2) is 73.3 Å². The Labute approximate surface area is 197 Å². The van der Waals surface area contributed by atoms with E-state index in [0.717, 1.165) is 50.7 Å². The van der Waals surface area contributed by atoms with Gasteiger partial charge in [0.25, 0.3) is 0 Å². The van der Waals surface area contributed by atoms with Gasteiger partial charge in [-0.3, -0.25) is 19.3 Å². The molecule has 1 aromatic rings. The average molecular weight is 455 g/mol. The van der Waals surface area contributed by atoms with Gasteiger partial charge < -0.3 is 15.1 Å². The second-order valence-corrected chi connectivity index (χ2v) is 9.80. The summed E-state index contributed by atoms with van der Waals surface area (Å²) in [7, 11) is 0. The van der Waals surface area contributed by atoms with E-state index < -0.39 is 0 Å². The first-order valence-electron chi connectivity index (χ1n) is 12.7. The zero-order valence-electron chi connectivity index (χ0n) is 19.7. The quantitative estimate of drug-likeness (QED) is 0.656. The summed E-state index contributed by atoms with van der Waals surface area (Å²) >= 11 is 0. The van der Waals surface area contributed by atoms with Crippen molar-refractivity contribution in [1.29, 1.82) is 0 Å². The SMILES string of the molecule is O=C(NCCN1CCN(C(=O)CCC2CCCCC2)CC1)C1CC(=O)N(c2ccccc2)C1. The van der Waals surface area contributed by atoms with Crippen LogP contribution in [0.15, 0.2) is 30.3 Å². The summed E-state index contributed by atoms with van der Waals surface area (Å²) < 4.78 is 0. The Morgan fingerprint density at radius 2 is 1.70 bits per heavy atom. The van der Waals surface area contributed by atoms with Crippen LogP contribution in [0.25, 0.3) is 0 Å². The zero-order valence-corrected chi connectivity index (χ0v) is 19.7.